The standard InChI is InChI=1S/C29H21BrN2O2S/c30-25-13-7-12-24(19-25)29-32(28(34)26(35-29)18-20-8-3-1-4-9-20)31-27(33)23-16-14-22(15-17-23)21-10-5-2-6-11-21/h1-19,29H,(H,31,33)/b26-18-. The summed E-state index contributed by atoms with van der Waals surface area (Å²) in [6.45, 7) is 0. The molecule has 4 nitrogen and oxygen atoms in total. The summed E-state index contributed by atoms with van der Waals surface area (Å²) in [6.07, 6.45) is 1.86. The highest BCUT2D eigenvalue weighted by Crippen LogP contribution is 2.45. The summed E-state index contributed by atoms with van der Waals surface area (Å²) in [6, 6.07) is 34.8. The monoisotopic (exact) mass is 540 g/mol. The number of nitrogens with zero attached hydrogens (tertiary/aromatic N) is 1. The Kier molecular flexibility index (Phi) is 6.84. The van der Waals surface area contributed by atoms with Crippen LogP contribution in [0.1, 0.15) is 26.9 Å². The Morgan fingerprint density at radius 3 is 2.17 bits per heavy atom. The van der Waals surface area contributed by atoms with Crippen LogP contribution in [0.3, 0.4) is 0 Å². The average Bonchev–Trinajstić information content (AvgIpc) is 3.20. The summed E-state index contributed by atoms with van der Waals surface area (Å²) in [5, 5.41) is 1.04. The third kappa shape index (κ3) is 5.24. The fourth-order valence-corrected chi connectivity index (χ4v) is 5.45. The Labute approximate surface area is 216 Å². The van der Waals surface area contributed by atoms with E-state index in [2.05, 4.69) is 21.4 Å². The SMILES string of the molecule is O=C(NN1C(=O)/C(=C/c2ccccc2)SC1c1cccc(Br)c1)c1ccc(-c2ccccc2)cc1. The number of nitrogens with one attached hydrogen (secondary N) is 1. The number of hydrogen-bond donors (Lipinski definition) is 1. The molecule has 1 saturated heterocycles. The van der Waals surface area contributed by atoms with Gasteiger partial charge in [0.05, 0.1) is 4.91 Å². The quantitative estimate of drug-likeness (QED) is 0.275. The van der Waals surface area contributed by atoms with E-state index in [0.29, 0.717) is 10.5 Å². The number of hydrazine groups is 1. The predicted molar refractivity (Wildman–Crippen MR) is 145 cm³/mol. The molecule has 0 radical (unpaired) electrons. The third-order valence-corrected chi connectivity index (χ3v) is 7.36. The van der Waals surface area contributed by atoms with E-state index < -0.39 is 0 Å². The molecule has 1 fully saturated rings. The second kappa shape index (κ2) is 10.3. The van der Waals surface area contributed by atoms with Gasteiger partial charge in [0.15, 0.2) is 0 Å². The van der Waals surface area contributed by atoms with Gasteiger partial charge >= 0.3 is 0 Å². The van der Waals surface area contributed by atoms with Crippen molar-refractivity contribution in [2.45, 2.75) is 5.37 Å². The van der Waals surface area contributed by atoms with Crippen LogP contribution in [0.15, 0.2) is 119 Å². The molecule has 1 N–H and O–H groups in total. The maximum Gasteiger partial charge on any atom is 0.280 e. The van der Waals surface area contributed by atoms with E-state index in [4.69, 9.17) is 0 Å². The molecule has 35 heavy (non-hydrogen) atoms. The molecule has 6 heteroatoms. The highest BCUT2D eigenvalue weighted by molar-refractivity contribution is 9.10. The molecule has 5 rings (SSSR count). The Bertz CT molecular complexity index is 1390. The van der Waals surface area contributed by atoms with Gasteiger partial charge in [-0.3, -0.25) is 15.0 Å². The van der Waals surface area contributed by atoms with Crippen molar-refractivity contribution in [2.75, 3.05) is 0 Å². The van der Waals surface area contributed by atoms with Gasteiger partial charge in [-0.1, -0.05) is 113 Å². The lowest BCUT2D eigenvalue weighted by molar-refractivity contribution is -0.128. The van der Waals surface area contributed by atoms with Gasteiger partial charge in [-0.15, -0.1) is 0 Å². The lowest BCUT2D eigenvalue weighted by Gasteiger charge is -2.24. The smallest absolute Gasteiger partial charge is 0.267 e. The van der Waals surface area contributed by atoms with E-state index in [1.165, 1.54) is 16.8 Å². The van der Waals surface area contributed by atoms with E-state index in [-0.39, 0.29) is 17.2 Å². The van der Waals surface area contributed by atoms with Crippen LogP contribution in [0, 0.1) is 0 Å². The Morgan fingerprint density at radius 2 is 1.49 bits per heavy atom. The first kappa shape index (κ1) is 23.1. The van der Waals surface area contributed by atoms with Crippen molar-refractivity contribution in [3.8, 4) is 11.1 Å². The highest BCUT2D eigenvalue weighted by atomic mass is 79.9. The number of carbonyl (C=O) groups is 2. The molecule has 0 bridgehead atoms. The van der Waals surface area contributed by atoms with Crippen molar-refractivity contribution >= 4 is 45.6 Å². The summed E-state index contributed by atoms with van der Waals surface area (Å²) >= 11 is 4.93. The minimum Gasteiger partial charge on any atom is -0.267 e. The maximum absolute atomic E-state index is 13.4. The van der Waals surface area contributed by atoms with Gasteiger partial charge < -0.3 is 0 Å². The molecule has 1 atom stereocenters. The van der Waals surface area contributed by atoms with Gasteiger partial charge in [-0.05, 0) is 52.6 Å². The Balaban J connectivity index is 1.42. The van der Waals surface area contributed by atoms with E-state index in [9.17, 15) is 9.59 Å². The highest BCUT2D eigenvalue weighted by Gasteiger charge is 2.38. The van der Waals surface area contributed by atoms with Crippen LogP contribution >= 0.6 is 27.7 Å². The van der Waals surface area contributed by atoms with Crippen LogP contribution < -0.4 is 5.43 Å². The third-order valence-electron chi connectivity index (χ3n) is 5.61. The van der Waals surface area contributed by atoms with E-state index >= 15 is 0 Å². The van der Waals surface area contributed by atoms with Gasteiger partial charge in [0.25, 0.3) is 11.8 Å². The van der Waals surface area contributed by atoms with Crippen LogP contribution in [0.4, 0.5) is 0 Å². The summed E-state index contributed by atoms with van der Waals surface area (Å²) in [5.41, 5.74) is 7.28. The molecule has 2 amide bonds. The number of carbonyl (C=O) groups excluding carboxylic acids is 2. The van der Waals surface area contributed by atoms with Crippen molar-refractivity contribution in [1.29, 1.82) is 0 Å². The molecule has 1 unspecified atom stereocenters. The molecule has 4 aromatic carbocycles. The minimum atomic E-state index is -0.387. The molecule has 1 heterocycles. The lowest BCUT2D eigenvalue weighted by atomic mass is 10.0. The summed E-state index contributed by atoms with van der Waals surface area (Å²) in [5.74, 6) is -0.572. The fourth-order valence-electron chi connectivity index (χ4n) is 3.85. The second-order valence-corrected chi connectivity index (χ2v) is 10.0. The van der Waals surface area contributed by atoms with Crippen molar-refractivity contribution < 1.29 is 9.59 Å². The fraction of sp³-hybridized carbons (Fsp3) is 0.0345. The summed E-state index contributed by atoms with van der Waals surface area (Å²) in [4.78, 5) is 27.1. The molecule has 0 aliphatic carbocycles. The second-order valence-electron chi connectivity index (χ2n) is 8.00. The zero-order valence-electron chi connectivity index (χ0n) is 18.6. The zero-order chi connectivity index (χ0) is 24.2. The van der Waals surface area contributed by atoms with Gasteiger partial charge in [-0.2, -0.15) is 0 Å². The molecule has 4 aromatic rings. The number of amides is 2. The molecular weight excluding hydrogens is 520 g/mol. The van der Waals surface area contributed by atoms with Gasteiger partial charge in [0.1, 0.15) is 5.37 Å². The van der Waals surface area contributed by atoms with Crippen LogP contribution in [-0.2, 0) is 4.79 Å². The van der Waals surface area contributed by atoms with Crippen molar-refractivity contribution in [3.05, 3.63) is 135 Å². The molecule has 1 aliphatic rings. The first-order valence-corrected chi connectivity index (χ1v) is 12.7. The van der Waals surface area contributed by atoms with E-state index in [1.807, 2.05) is 103 Å². The lowest BCUT2D eigenvalue weighted by Crippen LogP contribution is -2.44. The van der Waals surface area contributed by atoms with Gasteiger partial charge in [0.2, 0.25) is 0 Å². The van der Waals surface area contributed by atoms with Crippen LogP contribution in [-0.4, -0.2) is 16.8 Å². The number of thioether (sulfide) groups is 1. The maximum atomic E-state index is 13.4. The first-order valence-electron chi connectivity index (χ1n) is 11.1. The van der Waals surface area contributed by atoms with Crippen molar-refractivity contribution in [3.63, 3.8) is 0 Å². The summed E-state index contributed by atoms with van der Waals surface area (Å²) in [7, 11) is 0. The normalized spacial score (nSPS) is 16.5. The van der Waals surface area contributed by atoms with Gasteiger partial charge in [-0.25, -0.2) is 5.01 Å². The predicted octanol–water partition coefficient (Wildman–Crippen LogP) is 7.08. The Morgan fingerprint density at radius 1 is 0.829 bits per heavy atom. The molecule has 172 valence electrons. The zero-order valence-corrected chi connectivity index (χ0v) is 21.0. The molecule has 1 aliphatic heterocycles. The van der Waals surface area contributed by atoms with Gasteiger partial charge in [0, 0.05) is 10.0 Å². The number of halogens is 1. The Hall–Kier alpha value is -3.61. The number of rotatable bonds is 5. The van der Waals surface area contributed by atoms with Crippen molar-refractivity contribution in [1.82, 2.24) is 10.4 Å². The van der Waals surface area contributed by atoms with Crippen LogP contribution in [0.5, 0.6) is 0 Å². The average molecular weight is 541 g/mol. The largest absolute Gasteiger partial charge is 0.280 e. The molecule has 0 spiro atoms. The summed E-state index contributed by atoms with van der Waals surface area (Å²) < 4.78 is 0.909. The first-order chi connectivity index (χ1) is 17.1. The molecule has 0 aromatic heterocycles. The van der Waals surface area contributed by atoms with Crippen LogP contribution in [0.25, 0.3) is 17.2 Å². The van der Waals surface area contributed by atoms with E-state index in [0.717, 1.165) is 26.7 Å². The van der Waals surface area contributed by atoms with Crippen LogP contribution in [0.2, 0.25) is 0 Å². The number of benzene rings is 4. The topological polar surface area (TPSA) is 49.4 Å². The molecule has 0 saturated carbocycles. The minimum absolute atomic E-state index is 0.238. The van der Waals surface area contributed by atoms with E-state index in [1.54, 1.807) is 12.1 Å². The van der Waals surface area contributed by atoms with Crippen molar-refractivity contribution in [2.24, 2.45) is 0 Å². The molecular formula is C29H21BrN2O2S. The number of hydrogen-bond acceptors (Lipinski definition) is 3.